The number of likely N-dealkylation sites (tertiary alicyclic amines) is 1. The predicted octanol–water partition coefficient (Wildman–Crippen LogP) is 2.40. The Labute approximate surface area is 175 Å². The fourth-order valence-corrected chi connectivity index (χ4v) is 5.18. The van der Waals surface area contributed by atoms with Gasteiger partial charge in [0.1, 0.15) is 24.8 Å². The van der Waals surface area contributed by atoms with Gasteiger partial charge in [0.2, 0.25) is 5.91 Å². The first-order valence-electron chi connectivity index (χ1n) is 10.4. The summed E-state index contributed by atoms with van der Waals surface area (Å²) in [6, 6.07) is 7.61. The zero-order valence-corrected chi connectivity index (χ0v) is 17.3. The van der Waals surface area contributed by atoms with E-state index in [1.54, 1.807) is 29.2 Å². The van der Waals surface area contributed by atoms with Gasteiger partial charge in [-0.25, -0.2) is 0 Å². The lowest BCUT2D eigenvalue weighted by molar-refractivity contribution is -0.139. The topological polar surface area (TPSA) is 75.7 Å². The highest BCUT2D eigenvalue weighted by Crippen LogP contribution is 2.35. The van der Waals surface area contributed by atoms with Crippen molar-refractivity contribution in [3.8, 4) is 0 Å². The molecular weight excluding hydrogens is 392 g/mol. The highest BCUT2D eigenvalue weighted by atomic mass is 35.5. The molecule has 1 N–H and O–H groups in total. The van der Waals surface area contributed by atoms with E-state index < -0.39 is 23.6 Å². The largest absolute Gasteiger partial charge is 0.366 e. The fraction of sp³-hybridized carbons (Fsp3) is 0.591. The summed E-state index contributed by atoms with van der Waals surface area (Å²) in [4.78, 5) is 40.3. The Hall–Kier alpha value is -1.92. The first-order chi connectivity index (χ1) is 14.0. The molecule has 0 radical (unpaired) electrons. The Bertz CT molecular complexity index is 778. The molecule has 2 amide bonds. The molecular formula is C22H27ClN2O4. The summed E-state index contributed by atoms with van der Waals surface area (Å²) in [7, 11) is 0. The van der Waals surface area contributed by atoms with Crippen LogP contribution < -0.4 is 5.32 Å². The van der Waals surface area contributed by atoms with Crippen LogP contribution in [0.1, 0.15) is 43.0 Å². The van der Waals surface area contributed by atoms with E-state index in [9.17, 15) is 14.4 Å². The van der Waals surface area contributed by atoms with E-state index in [-0.39, 0.29) is 36.7 Å². The lowest BCUT2D eigenvalue weighted by Gasteiger charge is -2.35. The molecule has 2 aliphatic heterocycles. The number of carbonyl (C=O) groups excluding carboxylic acids is 3. The van der Waals surface area contributed by atoms with Crippen LogP contribution in [-0.4, -0.2) is 59.2 Å². The van der Waals surface area contributed by atoms with Crippen molar-refractivity contribution in [2.24, 2.45) is 11.8 Å². The number of hydrogen-bond acceptors (Lipinski definition) is 4. The first kappa shape index (κ1) is 20.4. The van der Waals surface area contributed by atoms with E-state index in [0.717, 1.165) is 25.7 Å². The number of Topliss-reactive ketones (excluding diaryl/α,β-unsaturated/α-hetero) is 1. The van der Waals surface area contributed by atoms with E-state index in [4.69, 9.17) is 16.3 Å². The van der Waals surface area contributed by atoms with Gasteiger partial charge < -0.3 is 15.0 Å². The number of ether oxygens (including phenoxy) is 1. The Morgan fingerprint density at radius 1 is 1.17 bits per heavy atom. The maximum absolute atomic E-state index is 13.6. The number of nitrogens with one attached hydrogen (secondary N) is 1. The second-order valence-corrected chi connectivity index (χ2v) is 9.09. The zero-order chi connectivity index (χ0) is 20.5. The summed E-state index contributed by atoms with van der Waals surface area (Å²) in [5.41, 5.74) is 0.518. The molecule has 2 heterocycles. The molecule has 6 nitrogen and oxygen atoms in total. The van der Waals surface area contributed by atoms with E-state index >= 15 is 0 Å². The molecule has 1 unspecified atom stereocenters. The molecule has 1 aromatic rings. The number of ketones is 1. The lowest BCUT2D eigenvalue weighted by atomic mass is 9.78. The molecule has 3 aliphatic rings. The number of fused-ring (bicyclic) bond motifs is 1. The number of alkyl halides is 1. The van der Waals surface area contributed by atoms with Crippen molar-refractivity contribution >= 4 is 29.2 Å². The van der Waals surface area contributed by atoms with Crippen LogP contribution in [0.25, 0.3) is 0 Å². The minimum atomic E-state index is -0.661. The molecule has 0 aromatic heterocycles. The maximum atomic E-state index is 13.6. The average Bonchev–Trinajstić information content (AvgIpc) is 3.28. The molecule has 0 bridgehead atoms. The van der Waals surface area contributed by atoms with Gasteiger partial charge in [0.05, 0.1) is 5.38 Å². The smallest absolute Gasteiger partial charge is 0.251 e. The van der Waals surface area contributed by atoms with Crippen molar-refractivity contribution < 1.29 is 19.1 Å². The normalized spacial score (nSPS) is 32.7. The quantitative estimate of drug-likeness (QED) is 0.762. The van der Waals surface area contributed by atoms with Gasteiger partial charge in [-0.2, -0.15) is 0 Å². The molecule has 29 heavy (non-hydrogen) atoms. The summed E-state index contributed by atoms with van der Waals surface area (Å²) in [5, 5.41) is 2.57. The number of rotatable bonds is 4. The lowest BCUT2D eigenvalue weighted by Crippen LogP contribution is -2.55. The van der Waals surface area contributed by atoms with E-state index in [2.05, 4.69) is 12.2 Å². The highest BCUT2D eigenvalue weighted by Gasteiger charge is 2.53. The average molecular weight is 419 g/mol. The third-order valence-electron chi connectivity index (χ3n) is 6.53. The second-order valence-electron chi connectivity index (χ2n) is 8.53. The number of halogens is 1. The van der Waals surface area contributed by atoms with Gasteiger partial charge in [-0.3, -0.25) is 14.4 Å². The molecule has 0 spiro atoms. The van der Waals surface area contributed by atoms with Crippen molar-refractivity contribution in [1.29, 1.82) is 0 Å². The van der Waals surface area contributed by atoms with E-state index in [0.29, 0.717) is 11.5 Å². The predicted molar refractivity (Wildman–Crippen MR) is 109 cm³/mol. The molecule has 156 valence electrons. The monoisotopic (exact) mass is 418 g/mol. The van der Waals surface area contributed by atoms with Crippen molar-refractivity contribution in [2.75, 3.05) is 13.2 Å². The second kappa shape index (κ2) is 8.44. The van der Waals surface area contributed by atoms with Crippen molar-refractivity contribution in [3.05, 3.63) is 35.9 Å². The number of benzene rings is 1. The number of carbonyl (C=O) groups is 3. The van der Waals surface area contributed by atoms with Crippen molar-refractivity contribution in [3.63, 3.8) is 0 Å². The first-order valence-corrected chi connectivity index (χ1v) is 10.8. The molecule has 4 atom stereocenters. The van der Waals surface area contributed by atoms with E-state index in [1.807, 2.05) is 6.07 Å². The molecule has 7 heteroatoms. The molecule has 1 saturated carbocycles. The van der Waals surface area contributed by atoms with Gasteiger partial charge in [-0.05, 0) is 36.8 Å². The number of nitrogens with zero attached hydrogens (tertiary/aromatic N) is 1. The summed E-state index contributed by atoms with van der Waals surface area (Å²) in [6.45, 7) is 2.47. The van der Waals surface area contributed by atoms with Crippen molar-refractivity contribution in [1.82, 2.24) is 10.2 Å². The fourth-order valence-electron chi connectivity index (χ4n) is 4.82. The van der Waals surface area contributed by atoms with Crippen LogP contribution in [0.2, 0.25) is 0 Å². The Morgan fingerprint density at radius 2 is 1.86 bits per heavy atom. The third-order valence-corrected chi connectivity index (χ3v) is 6.91. The van der Waals surface area contributed by atoms with E-state index in [1.165, 1.54) is 0 Å². The molecule has 2 saturated heterocycles. The summed E-state index contributed by atoms with van der Waals surface area (Å²) >= 11 is 6.37. The Kier molecular flexibility index (Phi) is 5.93. The summed E-state index contributed by atoms with van der Waals surface area (Å²) in [6.07, 6.45) is 3.36. The number of hydrogen-bond donors (Lipinski definition) is 1. The van der Waals surface area contributed by atoms with Gasteiger partial charge in [-0.1, -0.05) is 38.0 Å². The van der Waals surface area contributed by atoms with Crippen LogP contribution in [0.15, 0.2) is 30.3 Å². The van der Waals surface area contributed by atoms with Gasteiger partial charge in [0.25, 0.3) is 5.91 Å². The Morgan fingerprint density at radius 3 is 2.55 bits per heavy atom. The van der Waals surface area contributed by atoms with Crippen LogP contribution in [0.3, 0.4) is 0 Å². The Balaban J connectivity index is 1.57. The molecule has 1 aliphatic carbocycles. The number of amides is 2. The van der Waals surface area contributed by atoms with Crippen molar-refractivity contribution in [2.45, 2.75) is 56.2 Å². The van der Waals surface area contributed by atoms with Crippen LogP contribution >= 0.6 is 11.6 Å². The standard InChI is InChI=1S/C22H27ClN2O4/c1-13-7-9-14(10-8-13)18(24-21(27)15-5-3-2-4-6-15)22(28)25-11-16(23)20-19(25)17(26)12-29-20/h2-6,13-14,16,18-20H,7-12H2,1H3,(H,24,27)/t13?,14?,16-,18?,19+,20+/m0/s1. The summed E-state index contributed by atoms with van der Waals surface area (Å²) < 4.78 is 5.51. The van der Waals surface area contributed by atoms with Crippen LogP contribution in [0, 0.1) is 11.8 Å². The highest BCUT2D eigenvalue weighted by molar-refractivity contribution is 6.22. The van der Waals surface area contributed by atoms with Gasteiger partial charge in [-0.15, -0.1) is 11.6 Å². The van der Waals surface area contributed by atoms with Crippen LogP contribution in [0.5, 0.6) is 0 Å². The summed E-state index contributed by atoms with van der Waals surface area (Å²) in [5.74, 6) is 0.0779. The molecule has 4 rings (SSSR count). The van der Waals surface area contributed by atoms with Gasteiger partial charge in [0, 0.05) is 12.1 Å². The molecule has 3 fully saturated rings. The minimum Gasteiger partial charge on any atom is -0.366 e. The van der Waals surface area contributed by atoms with Crippen LogP contribution in [-0.2, 0) is 14.3 Å². The van der Waals surface area contributed by atoms with Gasteiger partial charge in [0.15, 0.2) is 5.78 Å². The SMILES string of the molecule is CC1CCC(C(NC(=O)c2ccccc2)C(=O)N2C[C@H](Cl)[C@H]3OCC(=O)[C@H]32)CC1. The maximum Gasteiger partial charge on any atom is 0.251 e. The van der Waals surface area contributed by atoms with Gasteiger partial charge >= 0.3 is 0 Å². The molecule has 1 aromatic carbocycles. The zero-order valence-electron chi connectivity index (χ0n) is 16.6. The third kappa shape index (κ3) is 4.05. The minimum absolute atomic E-state index is 0.00961. The van der Waals surface area contributed by atoms with Crippen LogP contribution in [0.4, 0.5) is 0 Å².